The van der Waals surface area contributed by atoms with Crippen LogP contribution in [0.1, 0.15) is 35.8 Å². The molecule has 0 radical (unpaired) electrons. The van der Waals surface area contributed by atoms with Crippen LogP contribution in [-0.4, -0.2) is 13.7 Å². The molecule has 2 nitrogen and oxygen atoms in total. The number of halogens is 3. The fraction of sp³-hybridized carbons (Fsp3) is 0.500. The molecule has 2 rings (SSSR count). The summed E-state index contributed by atoms with van der Waals surface area (Å²) in [6, 6.07) is 3.81. The van der Waals surface area contributed by atoms with Crippen molar-refractivity contribution in [1.82, 2.24) is 5.32 Å². The van der Waals surface area contributed by atoms with Gasteiger partial charge in [0.1, 0.15) is 0 Å². The molecular weight excluding hydrogens is 231 g/mol. The number of nitrogens with one attached hydrogen (secondary N) is 1. The zero-order chi connectivity index (χ0) is 12.6. The molecule has 0 amide bonds. The van der Waals surface area contributed by atoms with Crippen LogP contribution in [-0.2, 0) is 10.9 Å². The number of alkyl halides is 3. The minimum atomic E-state index is -4.30. The summed E-state index contributed by atoms with van der Waals surface area (Å²) in [6.07, 6.45) is -4.60. The fourth-order valence-electron chi connectivity index (χ4n) is 2.08. The Morgan fingerprint density at radius 2 is 2.00 bits per heavy atom. The molecule has 1 N–H and O–H groups in total. The first kappa shape index (κ1) is 12.4. The summed E-state index contributed by atoms with van der Waals surface area (Å²) in [5.74, 6) is 0. The van der Waals surface area contributed by atoms with Crippen LogP contribution in [0.2, 0.25) is 0 Å². The van der Waals surface area contributed by atoms with Gasteiger partial charge in [-0.3, -0.25) is 0 Å². The average Bonchev–Trinajstić information content (AvgIpc) is 2.28. The third-order valence-corrected chi connectivity index (χ3v) is 3.09. The van der Waals surface area contributed by atoms with E-state index in [0.29, 0.717) is 12.2 Å². The first-order chi connectivity index (χ1) is 7.93. The summed E-state index contributed by atoms with van der Waals surface area (Å²) >= 11 is 0. The van der Waals surface area contributed by atoms with Crippen molar-refractivity contribution in [3.63, 3.8) is 0 Å². The van der Waals surface area contributed by atoms with E-state index in [1.165, 1.54) is 6.07 Å². The van der Waals surface area contributed by atoms with Crippen molar-refractivity contribution >= 4 is 0 Å². The monoisotopic (exact) mass is 245 g/mol. The van der Waals surface area contributed by atoms with Crippen LogP contribution >= 0.6 is 0 Å². The number of benzene rings is 1. The molecule has 0 unspecified atom stereocenters. The van der Waals surface area contributed by atoms with Gasteiger partial charge in [-0.05, 0) is 37.2 Å². The lowest BCUT2D eigenvalue weighted by Crippen LogP contribution is -2.28. The van der Waals surface area contributed by atoms with Crippen LogP contribution in [0.3, 0.4) is 0 Å². The van der Waals surface area contributed by atoms with Gasteiger partial charge in [-0.1, -0.05) is 6.07 Å². The standard InChI is InChI=1S/C12H14F3NO/c1-7-10-5-8(12(13,14)15)3-4-9(10)11(16-2)6-17-7/h3-5,7,11,16H,6H2,1-2H3/t7-,11+/m1/s1. The van der Waals surface area contributed by atoms with Crippen LogP contribution in [0.25, 0.3) is 0 Å². The molecule has 1 heterocycles. The Hall–Kier alpha value is -1.07. The molecule has 2 atom stereocenters. The van der Waals surface area contributed by atoms with Gasteiger partial charge in [0.2, 0.25) is 0 Å². The highest BCUT2D eigenvalue weighted by Gasteiger charge is 2.33. The minimum Gasteiger partial charge on any atom is -0.372 e. The Labute approximate surface area is 97.8 Å². The number of hydrogen-bond acceptors (Lipinski definition) is 2. The zero-order valence-electron chi connectivity index (χ0n) is 9.64. The van der Waals surface area contributed by atoms with E-state index in [1.807, 2.05) is 0 Å². The Balaban J connectivity index is 2.46. The lowest BCUT2D eigenvalue weighted by Gasteiger charge is -2.30. The molecule has 1 aromatic carbocycles. The van der Waals surface area contributed by atoms with Crippen LogP contribution < -0.4 is 5.32 Å². The van der Waals surface area contributed by atoms with Gasteiger partial charge in [0, 0.05) is 0 Å². The van der Waals surface area contributed by atoms with E-state index in [-0.39, 0.29) is 12.1 Å². The van der Waals surface area contributed by atoms with E-state index in [4.69, 9.17) is 4.74 Å². The van der Waals surface area contributed by atoms with Gasteiger partial charge in [0.25, 0.3) is 0 Å². The molecule has 0 aromatic heterocycles. The molecule has 0 fully saturated rings. The third-order valence-electron chi connectivity index (χ3n) is 3.09. The first-order valence-corrected chi connectivity index (χ1v) is 5.43. The van der Waals surface area contributed by atoms with Gasteiger partial charge >= 0.3 is 6.18 Å². The normalized spacial score (nSPS) is 24.5. The van der Waals surface area contributed by atoms with Crippen molar-refractivity contribution < 1.29 is 17.9 Å². The Morgan fingerprint density at radius 3 is 2.59 bits per heavy atom. The molecule has 0 bridgehead atoms. The maximum absolute atomic E-state index is 12.6. The van der Waals surface area contributed by atoms with E-state index in [1.54, 1.807) is 20.0 Å². The van der Waals surface area contributed by atoms with Crippen molar-refractivity contribution in [2.75, 3.05) is 13.7 Å². The molecule has 0 aliphatic carbocycles. The Kier molecular flexibility index (Phi) is 3.14. The van der Waals surface area contributed by atoms with Crippen molar-refractivity contribution in [2.24, 2.45) is 0 Å². The van der Waals surface area contributed by atoms with E-state index >= 15 is 0 Å². The first-order valence-electron chi connectivity index (χ1n) is 5.43. The molecule has 1 aliphatic heterocycles. The molecule has 0 spiro atoms. The van der Waals surface area contributed by atoms with Gasteiger partial charge < -0.3 is 10.1 Å². The van der Waals surface area contributed by atoms with E-state index in [0.717, 1.165) is 11.6 Å². The molecular formula is C12H14F3NO. The van der Waals surface area contributed by atoms with Crippen molar-refractivity contribution in [1.29, 1.82) is 0 Å². The molecule has 17 heavy (non-hydrogen) atoms. The SMILES string of the molecule is CN[C@H]1CO[C@H](C)c2cc(C(F)(F)F)ccc21. The van der Waals surface area contributed by atoms with Crippen molar-refractivity contribution in [2.45, 2.75) is 25.2 Å². The topological polar surface area (TPSA) is 21.3 Å². The second-order valence-electron chi connectivity index (χ2n) is 4.16. The van der Waals surface area contributed by atoms with Gasteiger partial charge in [0.15, 0.2) is 0 Å². The fourth-order valence-corrected chi connectivity index (χ4v) is 2.08. The van der Waals surface area contributed by atoms with Gasteiger partial charge in [-0.15, -0.1) is 0 Å². The number of ether oxygens (including phenoxy) is 1. The zero-order valence-corrected chi connectivity index (χ0v) is 9.64. The largest absolute Gasteiger partial charge is 0.416 e. The molecule has 94 valence electrons. The molecule has 1 aromatic rings. The summed E-state index contributed by atoms with van der Waals surface area (Å²) in [7, 11) is 1.77. The summed E-state index contributed by atoms with van der Waals surface area (Å²) in [4.78, 5) is 0. The second-order valence-corrected chi connectivity index (χ2v) is 4.16. The van der Waals surface area contributed by atoms with Gasteiger partial charge in [-0.25, -0.2) is 0 Å². The van der Waals surface area contributed by atoms with Gasteiger partial charge in [0.05, 0.1) is 24.3 Å². The predicted molar refractivity (Wildman–Crippen MR) is 57.6 cm³/mol. The molecule has 0 saturated carbocycles. The van der Waals surface area contributed by atoms with Crippen molar-refractivity contribution in [3.8, 4) is 0 Å². The number of likely N-dealkylation sites (N-methyl/N-ethyl adjacent to an activating group) is 1. The third kappa shape index (κ3) is 2.30. The van der Waals surface area contributed by atoms with Crippen LogP contribution in [0.5, 0.6) is 0 Å². The molecule has 5 heteroatoms. The number of rotatable bonds is 1. The Morgan fingerprint density at radius 1 is 1.29 bits per heavy atom. The van der Waals surface area contributed by atoms with Crippen LogP contribution in [0, 0.1) is 0 Å². The van der Waals surface area contributed by atoms with Gasteiger partial charge in [-0.2, -0.15) is 13.2 Å². The number of hydrogen-bond donors (Lipinski definition) is 1. The maximum atomic E-state index is 12.6. The van der Waals surface area contributed by atoms with E-state index in [9.17, 15) is 13.2 Å². The minimum absolute atomic E-state index is 0.0384. The van der Waals surface area contributed by atoms with Crippen LogP contribution in [0.4, 0.5) is 13.2 Å². The lowest BCUT2D eigenvalue weighted by atomic mass is 9.93. The molecule has 0 saturated heterocycles. The van der Waals surface area contributed by atoms with E-state index in [2.05, 4.69) is 5.32 Å². The summed E-state index contributed by atoms with van der Waals surface area (Å²) < 4.78 is 43.3. The lowest BCUT2D eigenvalue weighted by molar-refractivity contribution is -0.137. The number of fused-ring (bicyclic) bond motifs is 1. The molecule has 1 aliphatic rings. The Bertz CT molecular complexity index is 417. The van der Waals surface area contributed by atoms with Crippen LogP contribution in [0.15, 0.2) is 18.2 Å². The van der Waals surface area contributed by atoms with Crippen molar-refractivity contribution in [3.05, 3.63) is 34.9 Å². The summed E-state index contributed by atoms with van der Waals surface area (Å²) in [5.41, 5.74) is 0.883. The summed E-state index contributed by atoms with van der Waals surface area (Å²) in [6.45, 7) is 2.25. The second kappa shape index (κ2) is 4.31. The highest BCUT2D eigenvalue weighted by Crippen LogP contribution is 2.37. The smallest absolute Gasteiger partial charge is 0.372 e. The maximum Gasteiger partial charge on any atom is 0.416 e. The highest BCUT2D eigenvalue weighted by atomic mass is 19.4. The average molecular weight is 245 g/mol. The quantitative estimate of drug-likeness (QED) is 0.821. The van der Waals surface area contributed by atoms with E-state index < -0.39 is 11.7 Å². The predicted octanol–water partition coefficient (Wildman–Crippen LogP) is 3.06. The highest BCUT2D eigenvalue weighted by molar-refractivity contribution is 5.38. The summed E-state index contributed by atoms with van der Waals surface area (Å²) in [5, 5.41) is 3.03.